The van der Waals surface area contributed by atoms with Gasteiger partial charge in [-0.05, 0) is 6.92 Å². The molecule has 6 nitrogen and oxygen atoms in total. The van der Waals surface area contributed by atoms with Crippen LogP contribution in [0.25, 0.3) is 0 Å². The molecule has 0 atom stereocenters. The second kappa shape index (κ2) is 5.85. The van der Waals surface area contributed by atoms with Crippen LogP contribution < -0.4 is 10.6 Å². The van der Waals surface area contributed by atoms with Crippen molar-refractivity contribution in [1.82, 2.24) is 14.7 Å². The highest BCUT2D eigenvalue weighted by Crippen LogP contribution is 2.24. The maximum Gasteiger partial charge on any atom is 0.137 e. The number of piperazine rings is 1. The molecule has 0 unspecified atom stereocenters. The van der Waals surface area contributed by atoms with Gasteiger partial charge >= 0.3 is 0 Å². The number of nitrogens with two attached hydrogens (primary N) is 1. The lowest BCUT2D eigenvalue weighted by Crippen LogP contribution is -2.48. The summed E-state index contributed by atoms with van der Waals surface area (Å²) in [7, 11) is 1.92. The molecule has 0 spiro atoms. The molecule has 1 aliphatic heterocycles. The maximum atomic E-state index is 8.96. The first-order valence-electron chi connectivity index (χ1n) is 6.46. The average molecular weight is 283 g/mol. The van der Waals surface area contributed by atoms with Gasteiger partial charge < -0.3 is 15.7 Å². The van der Waals surface area contributed by atoms with E-state index in [1.165, 1.54) is 0 Å². The molecule has 1 aromatic heterocycles. The third-order valence-electron chi connectivity index (χ3n) is 3.53. The highest BCUT2D eigenvalue weighted by Gasteiger charge is 2.24. The molecule has 2 rings (SSSR count). The molecule has 0 bridgehead atoms. The fourth-order valence-corrected chi connectivity index (χ4v) is 2.86. The van der Waals surface area contributed by atoms with E-state index in [2.05, 4.69) is 14.9 Å². The molecule has 0 radical (unpaired) electrons. The summed E-state index contributed by atoms with van der Waals surface area (Å²) >= 11 is 5.14. The van der Waals surface area contributed by atoms with Crippen molar-refractivity contribution in [1.29, 1.82) is 0 Å². The van der Waals surface area contributed by atoms with Crippen molar-refractivity contribution in [3.63, 3.8) is 0 Å². The van der Waals surface area contributed by atoms with Gasteiger partial charge in [0.25, 0.3) is 0 Å². The standard InChI is InChI=1S/C12H21N5OS/c1-9-10(11(13)19)12(15(2)14-9)17-5-3-16(4-6-17)7-8-18/h18H,3-8H2,1-2H3,(H2,13,19). The van der Waals surface area contributed by atoms with Crippen molar-refractivity contribution in [2.24, 2.45) is 12.8 Å². The Balaban J connectivity index is 2.17. The summed E-state index contributed by atoms with van der Waals surface area (Å²) in [6.07, 6.45) is 0. The Morgan fingerprint density at radius 3 is 2.53 bits per heavy atom. The van der Waals surface area contributed by atoms with Gasteiger partial charge in [0, 0.05) is 39.8 Å². The monoisotopic (exact) mass is 283 g/mol. The second-order valence-electron chi connectivity index (χ2n) is 4.82. The first kappa shape index (κ1) is 14.2. The van der Waals surface area contributed by atoms with Gasteiger partial charge in [0.2, 0.25) is 0 Å². The summed E-state index contributed by atoms with van der Waals surface area (Å²) in [5, 5.41) is 13.4. The van der Waals surface area contributed by atoms with E-state index >= 15 is 0 Å². The normalized spacial score (nSPS) is 16.9. The number of aliphatic hydroxyl groups is 1. The average Bonchev–Trinajstić information content (AvgIpc) is 2.66. The van der Waals surface area contributed by atoms with Crippen LogP contribution in [0.2, 0.25) is 0 Å². The van der Waals surface area contributed by atoms with E-state index in [0.717, 1.165) is 49.8 Å². The zero-order valence-corrected chi connectivity index (χ0v) is 12.3. The van der Waals surface area contributed by atoms with Crippen molar-refractivity contribution in [2.75, 3.05) is 44.2 Å². The van der Waals surface area contributed by atoms with Crippen LogP contribution in [0.5, 0.6) is 0 Å². The lowest BCUT2D eigenvalue weighted by molar-refractivity contribution is 0.188. The smallest absolute Gasteiger partial charge is 0.137 e. The van der Waals surface area contributed by atoms with Gasteiger partial charge in [-0.2, -0.15) is 5.10 Å². The fraction of sp³-hybridized carbons (Fsp3) is 0.667. The fourth-order valence-electron chi connectivity index (χ4n) is 2.62. The molecule has 1 aliphatic rings. The van der Waals surface area contributed by atoms with Crippen LogP contribution in [0.4, 0.5) is 5.82 Å². The van der Waals surface area contributed by atoms with Gasteiger partial charge in [0.15, 0.2) is 0 Å². The summed E-state index contributed by atoms with van der Waals surface area (Å²) in [6.45, 7) is 6.54. The van der Waals surface area contributed by atoms with Crippen molar-refractivity contribution in [2.45, 2.75) is 6.92 Å². The van der Waals surface area contributed by atoms with E-state index in [4.69, 9.17) is 23.1 Å². The predicted octanol–water partition coefficient (Wildman–Crippen LogP) is -0.523. The minimum atomic E-state index is 0.211. The largest absolute Gasteiger partial charge is 0.395 e. The molecule has 19 heavy (non-hydrogen) atoms. The number of β-amino-alcohol motifs (C(OH)–C–C–N with tert-alkyl or cyclic N) is 1. The van der Waals surface area contributed by atoms with E-state index in [1.807, 2.05) is 18.7 Å². The van der Waals surface area contributed by atoms with E-state index < -0.39 is 0 Å². The van der Waals surface area contributed by atoms with Crippen LogP contribution >= 0.6 is 12.2 Å². The molecule has 0 amide bonds. The molecule has 0 aliphatic carbocycles. The Kier molecular flexibility index (Phi) is 4.38. The summed E-state index contributed by atoms with van der Waals surface area (Å²) in [6, 6.07) is 0. The first-order chi connectivity index (χ1) is 9.04. The van der Waals surface area contributed by atoms with Gasteiger partial charge in [-0.3, -0.25) is 9.58 Å². The van der Waals surface area contributed by atoms with Gasteiger partial charge in [0.1, 0.15) is 10.8 Å². The molecule has 0 aromatic carbocycles. The van der Waals surface area contributed by atoms with E-state index in [9.17, 15) is 0 Å². The molecule has 1 saturated heterocycles. The number of thiocarbonyl (C=S) groups is 1. The number of aromatic nitrogens is 2. The predicted molar refractivity (Wildman–Crippen MR) is 79.6 cm³/mol. The molecule has 1 fully saturated rings. The molecule has 1 aromatic rings. The Morgan fingerprint density at radius 2 is 2.00 bits per heavy atom. The van der Waals surface area contributed by atoms with Gasteiger partial charge in [-0.25, -0.2) is 0 Å². The van der Waals surface area contributed by atoms with E-state index in [-0.39, 0.29) is 6.61 Å². The summed E-state index contributed by atoms with van der Waals surface area (Å²) in [5.41, 5.74) is 7.58. The highest BCUT2D eigenvalue weighted by atomic mass is 32.1. The molecule has 0 saturated carbocycles. The van der Waals surface area contributed by atoms with Gasteiger partial charge in [0.05, 0.1) is 17.9 Å². The summed E-state index contributed by atoms with van der Waals surface area (Å²) in [4.78, 5) is 4.92. The minimum absolute atomic E-state index is 0.211. The first-order valence-corrected chi connectivity index (χ1v) is 6.87. The molecule has 106 valence electrons. The van der Waals surface area contributed by atoms with Crippen LogP contribution in [0.15, 0.2) is 0 Å². The summed E-state index contributed by atoms with van der Waals surface area (Å²) < 4.78 is 1.85. The van der Waals surface area contributed by atoms with Crippen LogP contribution in [-0.4, -0.2) is 64.1 Å². The van der Waals surface area contributed by atoms with Gasteiger partial charge in [-0.15, -0.1) is 0 Å². The third kappa shape index (κ3) is 2.88. The van der Waals surface area contributed by atoms with Crippen molar-refractivity contribution in [3.8, 4) is 0 Å². The van der Waals surface area contributed by atoms with Crippen molar-refractivity contribution >= 4 is 23.0 Å². The van der Waals surface area contributed by atoms with Crippen LogP contribution in [-0.2, 0) is 7.05 Å². The number of aryl methyl sites for hydroxylation is 2. The Labute approximate surface area is 118 Å². The zero-order chi connectivity index (χ0) is 14.0. The molecule has 2 heterocycles. The summed E-state index contributed by atoms with van der Waals surface area (Å²) in [5.74, 6) is 1.01. The van der Waals surface area contributed by atoms with E-state index in [1.54, 1.807) is 0 Å². The number of hydrogen-bond acceptors (Lipinski definition) is 5. The van der Waals surface area contributed by atoms with Gasteiger partial charge in [-0.1, -0.05) is 12.2 Å². The van der Waals surface area contributed by atoms with Crippen molar-refractivity contribution < 1.29 is 5.11 Å². The van der Waals surface area contributed by atoms with Crippen molar-refractivity contribution in [3.05, 3.63) is 11.3 Å². The number of nitrogens with zero attached hydrogens (tertiary/aromatic N) is 4. The zero-order valence-electron chi connectivity index (χ0n) is 11.5. The van der Waals surface area contributed by atoms with Crippen LogP contribution in [0.3, 0.4) is 0 Å². The highest BCUT2D eigenvalue weighted by molar-refractivity contribution is 7.80. The number of rotatable bonds is 4. The van der Waals surface area contributed by atoms with Crippen LogP contribution in [0.1, 0.15) is 11.3 Å². The van der Waals surface area contributed by atoms with Crippen LogP contribution in [0, 0.1) is 6.92 Å². The number of anilines is 1. The molecule has 7 heteroatoms. The Hall–Kier alpha value is -1.18. The maximum absolute atomic E-state index is 8.96. The molecular formula is C12H21N5OS. The minimum Gasteiger partial charge on any atom is -0.395 e. The SMILES string of the molecule is Cc1nn(C)c(N2CCN(CCO)CC2)c1C(N)=S. The Bertz CT molecular complexity index is 465. The van der Waals surface area contributed by atoms with E-state index in [0.29, 0.717) is 4.99 Å². The lowest BCUT2D eigenvalue weighted by atomic mass is 10.2. The molecule has 3 N–H and O–H groups in total. The number of aliphatic hydroxyl groups excluding tert-OH is 1. The topological polar surface area (TPSA) is 70.5 Å². The Morgan fingerprint density at radius 1 is 1.37 bits per heavy atom. The quantitative estimate of drug-likeness (QED) is 0.725. The number of hydrogen-bond donors (Lipinski definition) is 2. The molecular weight excluding hydrogens is 262 g/mol. The lowest BCUT2D eigenvalue weighted by Gasteiger charge is -2.36. The third-order valence-corrected chi connectivity index (χ3v) is 3.73. The second-order valence-corrected chi connectivity index (χ2v) is 5.26.